The molecule has 0 heterocycles. The largest absolute Gasteiger partial charge is 0.497 e. The molecular weight excluding hydrogens is 340 g/mol. The molecule has 1 aromatic rings. The first-order chi connectivity index (χ1) is 12.8. The van der Waals surface area contributed by atoms with Crippen LogP contribution in [0.15, 0.2) is 24.3 Å². The standard InChI is InChI=1S/C22H34N2O3/c1-14(2)16-6-8-17(9-7-16)21(25)24-20(15(3)4)22(26)23-18-10-12-19(27-5)13-11-18/h10-17,20H,6-9H2,1-5H3,(H,23,26)(H,24,25)/t16?,17?,20-/m1/s1. The van der Waals surface area contributed by atoms with Gasteiger partial charge >= 0.3 is 0 Å². The average Bonchev–Trinajstić information content (AvgIpc) is 2.66. The van der Waals surface area contributed by atoms with Crippen LogP contribution >= 0.6 is 0 Å². The van der Waals surface area contributed by atoms with Crippen molar-refractivity contribution in [3.05, 3.63) is 24.3 Å². The summed E-state index contributed by atoms with van der Waals surface area (Å²) in [5, 5.41) is 5.89. The Bertz CT molecular complexity index is 617. The van der Waals surface area contributed by atoms with Crippen molar-refractivity contribution in [2.45, 2.75) is 59.4 Å². The Morgan fingerprint density at radius 1 is 1.00 bits per heavy atom. The molecule has 2 N–H and O–H groups in total. The van der Waals surface area contributed by atoms with Crippen LogP contribution in [0.5, 0.6) is 5.75 Å². The van der Waals surface area contributed by atoms with Crippen LogP contribution in [0, 0.1) is 23.7 Å². The van der Waals surface area contributed by atoms with E-state index in [1.807, 2.05) is 13.8 Å². The normalized spacial score (nSPS) is 21.0. The van der Waals surface area contributed by atoms with Crippen LogP contribution < -0.4 is 15.4 Å². The molecule has 2 amide bonds. The number of benzene rings is 1. The Balaban J connectivity index is 1.93. The van der Waals surface area contributed by atoms with Gasteiger partial charge in [0.25, 0.3) is 0 Å². The number of ether oxygens (including phenoxy) is 1. The minimum atomic E-state index is -0.539. The van der Waals surface area contributed by atoms with E-state index in [2.05, 4.69) is 24.5 Å². The van der Waals surface area contributed by atoms with Gasteiger partial charge in [0, 0.05) is 11.6 Å². The van der Waals surface area contributed by atoms with Gasteiger partial charge in [0.05, 0.1) is 7.11 Å². The van der Waals surface area contributed by atoms with E-state index < -0.39 is 6.04 Å². The highest BCUT2D eigenvalue weighted by Crippen LogP contribution is 2.33. The lowest BCUT2D eigenvalue weighted by Gasteiger charge is -2.31. The molecule has 1 saturated carbocycles. The van der Waals surface area contributed by atoms with Crippen molar-refractivity contribution in [1.82, 2.24) is 5.32 Å². The first-order valence-electron chi connectivity index (χ1n) is 10.1. The van der Waals surface area contributed by atoms with Crippen LogP contribution in [0.1, 0.15) is 53.4 Å². The molecule has 0 spiro atoms. The van der Waals surface area contributed by atoms with Crippen LogP contribution in [0.25, 0.3) is 0 Å². The van der Waals surface area contributed by atoms with Gasteiger partial charge in [0.2, 0.25) is 11.8 Å². The van der Waals surface area contributed by atoms with Crippen LogP contribution in [0.2, 0.25) is 0 Å². The van der Waals surface area contributed by atoms with E-state index in [1.165, 1.54) is 0 Å². The molecule has 1 fully saturated rings. The van der Waals surface area contributed by atoms with Crippen molar-refractivity contribution in [2.24, 2.45) is 23.7 Å². The lowest BCUT2D eigenvalue weighted by atomic mass is 9.76. The summed E-state index contributed by atoms with van der Waals surface area (Å²) in [5.41, 5.74) is 0.693. The zero-order valence-corrected chi connectivity index (χ0v) is 17.2. The quantitative estimate of drug-likeness (QED) is 0.750. The van der Waals surface area contributed by atoms with Crippen LogP contribution in [-0.2, 0) is 9.59 Å². The minimum absolute atomic E-state index is 0.0131. The number of amides is 2. The minimum Gasteiger partial charge on any atom is -0.497 e. The lowest BCUT2D eigenvalue weighted by molar-refractivity contribution is -0.131. The fraction of sp³-hybridized carbons (Fsp3) is 0.636. The first-order valence-corrected chi connectivity index (χ1v) is 10.1. The summed E-state index contributed by atoms with van der Waals surface area (Å²) < 4.78 is 5.13. The second kappa shape index (κ2) is 9.77. The highest BCUT2D eigenvalue weighted by atomic mass is 16.5. The molecule has 150 valence electrons. The topological polar surface area (TPSA) is 67.4 Å². The SMILES string of the molecule is COc1ccc(NC(=O)[C@H](NC(=O)C2CCC(C(C)C)CC2)C(C)C)cc1. The summed E-state index contributed by atoms with van der Waals surface area (Å²) in [6.07, 6.45) is 4.03. The van der Waals surface area contributed by atoms with Crippen LogP contribution in [-0.4, -0.2) is 25.0 Å². The molecule has 2 rings (SSSR count). The van der Waals surface area contributed by atoms with Gasteiger partial charge in [-0.1, -0.05) is 27.7 Å². The molecule has 1 aliphatic rings. The monoisotopic (exact) mass is 374 g/mol. The van der Waals surface area contributed by atoms with Crippen LogP contribution in [0.4, 0.5) is 5.69 Å². The molecule has 1 atom stereocenters. The van der Waals surface area contributed by atoms with Crippen molar-refractivity contribution >= 4 is 17.5 Å². The molecule has 5 heteroatoms. The van der Waals surface area contributed by atoms with Crippen LogP contribution in [0.3, 0.4) is 0 Å². The van der Waals surface area contributed by atoms with E-state index >= 15 is 0 Å². The number of methoxy groups -OCH3 is 1. The Morgan fingerprint density at radius 2 is 1.59 bits per heavy atom. The van der Waals surface area contributed by atoms with Crippen molar-refractivity contribution < 1.29 is 14.3 Å². The van der Waals surface area contributed by atoms with E-state index in [4.69, 9.17) is 4.74 Å². The summed E-state index contributed by atoms with van der Waals surface area (Å²) in [4.78, 5) is 25.4. The third-order valence-corrected chi connectivity index (χ3v) is 5.69. The van der Waals surface area contributed by atoms with E-state index in [-0.39, 0.29) is 23.7 Å². The van der Waals surface area contributed by atoms with Gasteiger partial charge in [0.1, 0.15) is 11.8 Å². The maximum absolute atomic E-state index is 12.7. The van der Waals surface area contributed by atoms with E-state index in [0.29, 0.717) is 17.5 Å². The number of carbonyl (C=O) groups excluding carboxylic acids is 2. The molecule has 0 aliphatic heterocycles. The van der Waals surface area contributed by atoms with E-state index in [9.17, 15) is 9.59 Å². The van der Waals surface area contributed by atoms with Crippen molar-refractivity contribution in [3.8, 4) is 5.75 Å². The summed E-state index contributed by atoms with van der Waals surface area (Å²) in [7, 11) is 1.60. The zero-order valence-electron chi connectivity index (χ0n) is 17.2. The Kier molecular flexibility index (Phi) is 7.69. The highest BCUT2D eigenvalue weighted by Gasteiger charge is 2.31. The molecule has 0 saturated heterocycles. The Labute approximate surface area is 163 Å². The number of carbonyl (C=O) groups is 2. The highest BCUT2D eigenvalue weighted by molar-refractivity contribution is 5.97. The zero-order chi connectivity index (χ0) is 20.0. The van der Waals surface area contributed by atoms with Crippen molar-refractivity contribution in [2.75, 3.05) is 12.4 Å². The number of hydrogen-bond donors (Lipinski definition) is 2. The van der Waals surface area contributed by atoms with Crippen molar-refractivity contribution in [3.63, 3.8) is 0 Å². The maximum Gasteiger partial charge on any atom is 0.247 e. The third kappa shape index (κ3) is 5.98. The number of hydrogen-bond acceptors (Lipinski definition) is 3. The van der Waals surface area contributed by atoms with Gasteiger partial charge in [-0.05, 0) is 67.7 Å². The summed E-state index contributed by atoms with van der Waals surface area (Å²) in [6, 6.07) is 6.64. The average molecular weight is 375 g/mol. The summed E-state index contributed by atoms with van der Waals surface area (Å²) in [6.45, 7) is 8.41. The lowest BCUT2D eigenvalue weighted by Crippen LogP contribution is -2.49. The van der Waals surface area contributed by atoms with Gasteiger partial charge in [-0.15, -0.1) is 0 Å². The number of anilines is 1. The predicted molar refractivity (Wildman–Crippen MR) is 109 cm³/mol. The Hall–Kier alpha value is -2.04. The molecule has 27 heavy (non-hydrogen) atoms. The number of rotatable bonds is 7. The van der Waals surface area contributed by atoms with Gasteiger partial charge in [0.15, 0.2) is 0 Å². The first kappa shape index (κ1) is 21.3. The molecule has 0 unspecified atom stereocenters. The second-order valence-electron chi connectivity index (χ2n) is 8.30. The van der Waals surface area contributed by atoms with Gasteiger partial charge in [-0.3, -0.25) is 9.59 Å². The van der Waals surface area contributed by atoms with E-state index in [0.717, 1.165) is 31.4 Å². The maximum atomic E-state index is 12.7. The molecule has 0 aromatic heterocycles. The molecule has 1 aromatic carbocycles. The van der Waals surface area contributed by atoms with Gasteiger partial charge in [-0.2, -0.15) is 0 Å². The van der Waals surface area contributed by atoms with Gasteiger partial charge in [-0.25, -0.2) is 0 Å². The molecule has 1 aliphatic carbocycles. The molecule has 5 nitrogen and oxygen atoms in total. The fourth-order valence-corrected chi connectivity index (χ4v) is 3.75. The fourth-order valence-electron chi connectivity index (χ4n) is 3.75. The predicted octanol–water partition coefficient (Wildman–Crippen LogP) is 4.24. The van der Waals surface area contributed by atoms with Gasteiger partial charge < -0.3 is 15.4 Å². The second-order valence-corrected chi connectivity index (χ2v) is 8.30. The summed E-state index contributed by atoms with van der Waals surface area (Å²) >= 11 is 0. The number of nitrogens with one attached hydrogen (secondary N) is 2. The smallest absolute Gasteiger partial charge is 0.247 e. The molecule has 0 radical (unpaired) electrons. The molecule has 0 bridgehead atoms. The van der Waals surface area contributed by atoms with E-state index in [1.54, 1.807) is 31.4 Å². The van der Waals surface area contributed by atoms with Crippen molar-refractivity contribution in [1.29, 1.82) is 0 Å². The third-order valence-electron chi connectivity index (χ3n) is 5.69. The molecular formula is C22H34N2O3. The summed E-state index contributed by atoms with van der Waals surface area (Å²) in [5.74, 6) is 1.99. The Morgan fingerprint density at radius 3 is 2.07 bits per heavy atom.